The van der Waals surface area contributed by atoms with E-state index in [0.717, 1.165) is 22.4 Å². The summed E-state index contributed by atoms with van der Waals surface area (Å²) in [7, 11) is 0. The van der Waals surface area contributed by atoms with E-state index < -0.39 is 13.3 Å². The minimum atomic E-state index is -1.91. The molecule has 0 bridgehead atoms. The fraction of sp³-hybridized carbons (Fsp3) is 0.333. The van der Waals surface area contributed by atoms with E-state index in [0.29, 0.717) is 0 Å². The van der Waals surface area contributed by atoms with E-state index in [9.17, 15) is 0 Å². The minimum absolute atomic E-state index is 0.276. The standard InChI is InChI=1S/C27H32GeN2/c1-16(2)27-29-25(21-12-17(3)11-18(4)13-21)23-10-9-20-15-22(28(6,7)8)14-19(5)24(20)26(23)30-27/h9-16H,1-8H3. The zero-order chi connectivity index (χ0) is 21.8. The molecular formula is C27H32GeN2. The van der Waals surface area contributed by atoms with Crippen molar-refractivity contribution in [3.05, 3.63) is 65.0 Å². The Morgan fingerprint density at radius 2 is 1.47 bits per heavy atom. The number of rotatable bonds is 3. The van der Waals surface area contributed by atoms with E-state index in [1.54, 1.807) is 4.40 Å². The maximum absolute atomic E-state index is 5.09. The molecule has 1 aromatic heterocycles. The number of aromatic nitrogens is 2. The van der Waals surface area contributed by atoms with Crippen molar-refractivity contribution in [3.8, 4) is 11.3 Å². The van der Waals surface area contributed by atoms with Crippen molar-refractivity contribution >= 4 is 39.3 Å². The Morgan fingerprint density at radius 3 is 2.07 bits per heavy atom. The van der Waals surface area contributed by atoms with Crippen LogP contribution in [0.25, 0.3) is 32.9 Å². The number of nitrogens with zero attached hydrogens (tertiary/aromatic N) is 2. The van der Waals surface area contributed by atoms with Crippen LogP contribution < -0.4 is 4.40 Å². The van der Waals surface area contributed by atoms with E-state index in [4.69, 9.17) is 9.97 Å². The summed E-state index contributed by atoms with van der Waals surface area (Å²) in [5, 5.41) is 3.72. The zero-order valence-electron chi connectivity index (χ0n) is 19.5. The van der Waals surface area contributed by atoms with Gasteiger partial charge in [-0.1, -0.05) is 0 Å². The number of hydrogen-bond acceptors (Lipinski definition) is 2. The first kappa shape index (κ1) is 21.1. The Morgan fingerprint density at radius 1 is 0.800 bits per heavy atom. The van der Waals surface area contributed by atoms with E-state index in [-0.39, 0.29) is 5.92 Å². The number of aryl methyl sites for hydroxylation is 3. The zero-order valence-corrected chi connectivity index (χ0v) is 21.6. The van der Waals surface area contributed by atoms with Crippen LogP contribution in [-0.2, 0) is 0 Å². The first-order valence-corrected chi connectivity index (χ1v) is 18.2. The van der Waals surface area contributed by atoms with Crippen LogP contribution in [0.15, 0.2) is 42.5 Å². The molecule has 0 radical (unpaired) electrons. The molecule has 0 spiro atoms. The molecule has 0 saturated heterocycles. The van der Waals surface area contributed by atoms with Gasteiger partial charge in [0, 0.05) is 0 Å². The van der Waals surface area contributed by atoms with Crippen LogP contribution in [0.2, 0.25) is 17.3 Å². The summed E-state index contributed by atoms with van der Waals surface area (Å²) in [6, 6.07) is 16.0. The molecule has 4 aromatic rings. The molecule has 0 aliphatic heterocycles. The second kappa shape index (κ2) is 7.49. The average molecular weight is 457 g/mol. The molecule has 0 aliphatic carbocycles. The van der Waals surface area contributed by atoms with Gasteiger partial charge in [-0.25, -0.2) is 0 Å². The van der Waals surface area contributed by atoms with Crippen LogP contribution in [0.3, 0.4) is 0 Å². The van der Waals surface area contributed by atoms with E-state index in [1.807, 2.05) is 0 Å². The topological polar surface area (TPSA) is 25.8 Å². The van der Waals surface area contributed by atoms with Crippen molar-refractivity contribution in [3.63, 3.8) is 0 Å². The second-order valence-electron chi connectivity index (χ2n) is 10.1. The molecule has 1 heterocycles. The molecule has 154 valence electrons. The normalized spacial score (nSPS) is 12.3. The van der Waals surface area contributed by atoms with Gasteiger partial charge in [-0.3, -0.25) is 0 Å². The summed E-state index contributed by atoms with van der Waals surface area (Å²) in [6.45, 7) is 10.9. The Bertz CT molecular complexity index is 1260. The summed E-state index contributed by atoms with van der Waals surface area (Å²) in [5.41, 5.74) is 7.18. The number of hydrogen-bond donors (Lipinski definition) is 0. The van der Waals surface area contributed by atoms with Gasteiger partial charge in [-0.05, 0) is 0 Å². The van der Waals surface area contributed by atoms with Crippen molar-refractivity contribution in [2.24, 2.45) is 0 Å². The molecule has 0 atom stereocenters. The Hall–Kier alpha value is -2.20. The van der Waals surface area contributed by atoms with Crippen LogP contribution in [0.1, 0.15) is 42.3 Å². The summed E-state index contributed by atoms with van der Waals surface area (Å²) in [5.74, 6) is 8.57. The van der Waals surface area contributed by atoms with Crippen LogP contribution in [-0.4, -0.2) is 23.2 Å². The number of fused-ring (bicyclic) bond motifs is 3. The molecule has 0 saturated carbocycles. The number of benzene rings is 3. The molecule has 0 N–H and O–H groups in total. The summed E-state index contributed by atoms with van der Waals surface area (Å²) >= 11 is -1.91. The van der Waals surface area contributed by atoms with E-state index in [1.165, 1.54) is 33.0 Å². The second-order valence-corrected chi connectivity index (χ2v) is 20.7. The third-order valence-corrected chi connectivity index (χ3v) is 10.1. The summed E-state index contributed by atoms with van der Waals surface area (Å²) < 4.78 is 1.55. The van der Waals surface area contributed by atoms with Crippen LogP contribution >= 0.6 is 0 Å². The van der Waals surface area contributed by atoms with Crippen molar-refractivity contribution in [2.45, 2.75) is 57.8 Å². The first-order valence-electron chi connectivity index (χ1n) is 10.9. The average Bonchev–Trinajstić information content (AvgIpc) is 2.64. The molecule has 0 unspecified atom stereocenters. The first-order chi connectivity index (χ1) is 14.0. The van der Waals surface area contributed by atoms with Crippen LogP contribution in [0.5, 0.6) is 0 Å². The summed E-state index contributed by atoms with van der Waals surface area (Å²) in [4.78, 5) is 10.1. The van der Waals surface area contributed by atoms with Gasteiger partial charge >= 0.3 is 183 Å². The van der Waals surface area contributed by atoms with Gasteiger partial charge in [0.05, 0.1) is 0 Å². The van der Waals surface area contributed by atoms with Crippen molar-refractivity contribution in [1.82, 2.24) is 9.97 Å². The predicted molar refractivity (Wildman–Crippen MR) is 134 cm³/mol. The van der Waals surface area contributed by atoms with E-state index >= 15 is 0 Å². The molecular weight excluding hydrogens is 425 g/mol. The fourth-order valence-electron chi connectivity index (χ4n) is 4.30. The van der Waals surface area contributed by atoms with Gasteiger partial charge in [-0.2, -0.15) is 0 Å². The van der Waals surface area contributed by atoms with E-state index in [2.05, 4.69) is 94.4 Å². The van der Waals surface area contributed by atoms with Crippen molar-refractivity contribution in [1.29, 1.82) is 0 Å². The van der Waals surface area contributed by atoms with Gasteiger partial charge < -0.3 is 0 Å². The van der Waals surface area contributed by atoms with Gasteiger partial charge in [0.1, 0.15) is 0 Å². The Labute approximate surface area is 183 Å². The van der Waals surface area contributed by atoms with Crippen molar-refractivity contribution in [2.75, 3.05) is 0 Å². The summed E-state index contributed by atoms with van der Waals surface area (Å²) in [6.07, 6.45) is 0. The van der Waals surface area contributed by atoms with Crippen molar-refractivity contribution < 1.29 is 0 Å². The quantitative estimate of drug-likeness (QED) is 0.244. The van der Waals surface area contributed by atoms with Crippen LogP contribution in [0.4, 0.5) is 0 Å². The molecule has 2 nitrogen and oxygen atoms in total. The fourth-order valence-corrected chi connectivity index (χ4v) is 6.90. The molecule has 0 fully saturated rings. The Kier molecular flexibility index (Phi) is 5.26. The maximum atomic E-state index is 5.09. The molecule has 30 heavy (non-hydrogen) atoms. The molecule has 0 aliphatic rings. The Balaban J connectivity index is 2.12. The predicted octanol–water partition coefficient (Wildman–Crippen LogP) is 7.04. The van der Waals surface area contributed by atoms with Gasteiger partial charge in [0.15, 0.2) is 0 Å². The molecule has 3 heteroatoms. The SMILES string of the molecule is Cc1cc(C)cc(-c2nc(C(C)C)nc3c2ccc2c[c]([Ge]([CH3])([CH3])[CH3])cc(C)c23)c1. The van der Waals surface area contributed by atoms with Gasteiger partial charge in [-0.15, -0.1) is 0 Å². The third kappa shape index (κ3) is 3.78. The van der Waals surface area contributed by atoms with Crippen LogP contribution in [0, 0.1) is 20.8 Å². The monoisotopic (exact) mass is 458 g/mol. The van der Waals surface area contributed by atoms with Gasteiger partial charge in [0.2, 0.25) is 0 Å². The molecule has 4 rings (SSSR count). The molecule has 3 aromatic carbocycles. The molecule has 0 amide bonds. The third-order valence-electron chi connectivity index (χ3n) is 5.87. The van der Waals surface area contributed by atoms with Gasteiger partial charge in [0.25, 0.3) is 0 Å².